The van der Waals surface area contributed by atoms with Crippen LogP contribution in [0.4, 0.5) is 5.82 Å². The smallest absolute Gasteiger partial charge is 0.266 e. The van der Waals surface area contributed by atoms with Gasteiger partial charge in [-0.25, -0.2) is 4.98 Å². The fourth-order valence-electron chi connectivity index (χ4n) is 2.74. The molecule has 2 amide bonds. The van der Waals surface area contributed by atoms with Gasteiger partial charge >= 0.3 is 0 Å². The number of thiocarbonyl (C=S) groups is 1. The number of aromatic nitrogens is 1. The van der Waals surface area contributed by atoms with Crippen LogP contribution in [0.1, 0.15) is 5.56 Å². The third kappa shape index (κ3) is 4.71. The van der Waals surface area contributed by atoms with E-state index in [-0.39, 0.29) is 18.4 Å². The van der Waals surface area contributed by atoms with Crippen molar-refractivity contribution < 1.29 is 23.8 Å². The van der Waals surface area contributed by atoms with Gasteiger partial charge in [-0.15, -0.1) is 0 Å². The van der Waals surface area contributed by atoms with Crippen LogP contribution in [0.3, 0.4) is 0 Å². The van der Waals surface area contributed by atoms with Crippen molar-refractivity contribution in [3.63, 3.8) is 0 Å². The van der Waals surface area contributed by atoms with E-state index in [9.17, 15) is 9.59 Å². The Kier molecular flexibility index (Phi) is 6.91. The van der Waals surface area contributed by atoms with Crippen molar-refractivity contribution in [1.29, 1.82) is 0 Å². The Balaban J connectivity index is 1.78. The Bertz CT molecular complexity index is 986. The van der Waals surface area contributed by atoms with Gasteiger partial charge < -0.3 is 19.5 Å². The van der Waals surface area contributed by atoms with Crippen LogP contribution in [0.2, 0.25) is 0 Å². The molecule has 0 bridgehead atoms. The fraction of sp³-hybridized carbons (Fsp3) is 0.200. The molecular weight excluding hydrogens is 426 g/mol. The topological polar surface area (TPSA) is 90.0 Å². The summed E-state index contributed by atoms with van der Waals surface area (Å²) in [6.45, 7) is -0.201. The van der Waals surface area contributed by atoms with E-state index in [4.69, 9.17) is 26.4 Å². The van der Waals surface area contributed by atoms with Gasteiger partial charge in [-0.2, -0.15) is 0 Å². The van der Waals surface area contributed by atoms with E-state index in [0.29, 0.717) is 37.9 Å². The molecule has 0 radical (unpaired) electrons. The monoisotopic (exact) mass is 445 g/mol. The second-order valence-corrected chi connectivity index (χ2v) is 7.67. The van der Waals surface area contributed by atoms with E-state index >= 15 is 0 Å². The van der Waals surface area contributed by atoms with E-state index in [2.05, 4.69) is 10.3 Å². The number of hydrogen-bond donors (Lipinski definition) is 1. The number of nitrogens with zero attached hydrogens (tertiary/aromatic N) is 2. The summed E-state index contributed by atoms with van der Waals surface area (Å²) in [4.78, 5) is 30.8. The molecule has 1 aromatic heterocycles. The summed E-state index contributed by atoms with van der Waals surface area (Å²) in [5.74, 6) is 1.05. The number of carbonyl (C=O) groups is 2. The summed E-state index contributed by atoms with van der Waals surface area (Å²) in [5, 5.41) is 2.64. The number of hydrogen-bond acceptors (Lipinski definition) is 8. The number of methoxy groups -OCH3 is 3. The minimum Gasteiger partial charge on any atom is -0.493 e. The molecule has 2 heterocycles. The summed E-state index contributed by atoms with van der Waals surface area (Å²) in [6.07, 6.45) is 3.23. The number of anilines is 1. The second-order valence-electron chi connectivity index (χ2n) is 5.99. The molecule has 0 saturated carbocycles. The Labute approximate surface area is 183 Å². The maximum atomic E-state index is 12.8. The lowest BCUT2D eigenvalue weighted by atomic mass is 10.1. The number of ether oxygens (including phenoxy) is 3. The Morgan fingerprint density at radius 2 is 1.90 bits per heavy atom. The number of amides is 2. The van der Waals surface area contributed by atoms with Crippen LogP contribution in [0.25, 0.3) is 6.08 Å². The van der Waals surface area contributed by atoms with Gasteiger partial charge in [0.05, 0.1) is 26.2 Å². The molecule has 1 aliphatic rings. The molecule has 1 aliphatic heterocycles. The molecule has 8 nitrogen and oxygen atoms in total. The van der Waals surface area contributed by atoms with E-state index in [1.807, 2.05) is 0 Å². The van der Waals surface area contributed by atoms with E-state index < -0.39 is 0 Å². The van der Waals surface area contributed by atoms with Crippen molar-refractivity contribution in [2.75, 3.05) is 33.2 Å². The Hall–Kier alpha value is -3.11. The highest BCUT2D eigenvalue weighted by atomic mass is 32.2. The zero-order chi connectivity index (χ0) is 21.7. The average Bonchev–Trinajstić information content (AvgIpc) is 3.00. The van der Waals surface area contributed by atoms with Crippen molar-refractivity contribution in [2.24, 2.45) is 0 Å². The summed E-state index contributed by atoms with van der Waals surface area (Å²) in [6, 6.07) is 8.60. The predicted octanol–water partition coefficient (Wildman–Crippen LogP) is 2.95. The molecule has 1 saturated heterocycles. The first-order valence-corrected chi connectivity index (χ1v) is 9.95. The third-order valence-corrected chi connectivity index (χ3v) is 5.47. The number of rotatable bonds is 7. The van der Waals surface area contributed by atoms with Crippen LogP contribution in [0, 0.1) is 0 Å². The SMILES string of the molecule is COc1cc(C=C2SC(=S)N(CC(=O)Nc3ccccn3)C2=O)cc(OC)c1OC. The number of benzene rings is 1. The van der Waals surface area contributed by atoms with Crippen LogP contribution in [0.5, 0.6) is 17.2 Å². The number of thioether (sulfide) groups is 1. The second kappa shape index (κ2) is 9.59. The molecule has 1 fully saturated rings. The zero-order valence-electron chi connectivity index (χ0n) is 16.5. The first-order chi connectivity index (χ1) is 14.5. The highest BCUT2D eigenvalue weighted by Gasteiger charge is 2.33. The Morgan fingerprint density at radius 3 is 2.47 bits per heavy atom. The molecule has 1 aromatic carbocycles. The third-order valence-electron chi connectivity index (χ3n) is 4.09. The first-order valence-electron chi connectivity index (χ1n) is 8.73. The minimum absolute atomic E-state index is 0.201. The molecular formula is C20H19N3O5S2. The normalized spacial score (nSPS) is 14.8. The van der Waals surface area contributed by atoms with Gasteiger partial charge in [0.1, 0.15) is 16.7 Å². The predicted molar refractivity (Wildman–Crippen MR) is 119 cm³/mol. The number of carbonyl (C=O) groups excluding carboxylic acids is 2. The molecule has 0 unspecified atom stereocenters. The quantitative estimate of drug-likeness (QED) is 0.514. The van der Waals surface area contributed by atoms with Crippen molar-refractivity contribution in [2.45, 2.75) is 0 Å². The standard InChI is InChI=1S/C20H19N3O5S2/c1-26-13-8-12(9-14(27-2)18(13)28-3)10-15-19(25)23(20(29)30-15)11-17(24)22-16-6-4-5-7-21-16/h4-10H,11H2,1-3H3,(H,21,22,24). The molecule has 2 aromatic rings. The van der Waals surface area contributed by atoms with E-state index in [0.717, 1.165) is 11.8 Å². The van der Waals surface area contributed by atoms with Crippen molar-refractivity contribution in [3.05, 3.63) is 47.0 Å². The molecule has 30 heavy (non-hydrogen) atoms. The lowest BCUT2D eigenvalue weighted by Gasteiger charge is -2.14. The lowest BCUT2D eigenvalue weighted by molar-refractivity contribution is -0.126. The highest BCUT2D eigenvalue weighted by molar-refractivity contribution is 8.26. The van der Waals surface area contributed by atoms with Crippen molar-refractivity contribution >= 4 is 52.0 Å². The van der Waals surface area contributed by atoms with Gasteiger partial charge in [0.15, 0.2) is 11.5 Å². The van der Waals surface area contributed by atoms with E-state index in [1.165, 1.54) is 26.2 Å². The summed E-state index contributed by atoms with van der Waals surface area (Å²) in [7, 11) is 4.54. The van der Waals surface area contributed by atoms with E-state index in [1.54, 1.807) is 42.6 Å². The minimum atomic E-state index is -0.390. The van der Waals surface area contributed by atoms with Crippen LogP contribution in [0.15, 0.2) is 41.4 Å². The number of nitrogens with one attached hydrogen (secondary N) is 1. The van der Waals surface area contributed by atoms with Crippen molar-refractivity contribution in [3.8, 4) is 17.2 Å². The molecule has 0 aliphatic carbocycles. The molecule has 156 valence electrons. The van der Waals surface area contributed by atoms with Crippen LogP contribution < -0.4 is 19.5 Å². The molecule has 0 spiro atoms. The summed E-state index contributed by atoms with van der Waals surface area (Å²) in [5.41, 5.74) is 0.669. The van der Waals surface area contributed by atoms with Gasteiger partial charge in [-0.05, 0) is 35.9 Å². The largest absolute Gasteiger partial charge is 0.493 e. The zero-order valence-corrected chi connectivity index (χ0v) is 18.1. The molecule has 1 N–H and O–H groups in total. The lowest BCUT2D eigenvalue weighted by Crippen LogP contribution is -2.36. The highest BCUT2D eigenvalue weighted by Crippen LogP contribution is 2.40. The first kappa shape index (κ1) is 21.6. The van der Waals surface area contributed by atoms with Gasteiger partial charge in [-0.1, -0.05) is 30.0 Å². The molecule has 3 rings (SSSR count). The van der Waals surface area contributed by atoms with Crippen LogP contribution in [-0.4, -0.2) is 53.9 Å². The molecule has 0 atom stereocenters. The van der Waals surface area contributed by atoms with Gasteiger partial charge in [0.25, 0.3) is 5.91 Å². The van der Waals surface area contributed by atoms with Crippen LogP contribution >= 0.6 is 24.0 Å². The maximum absolute atomic E-state index is 12.8. The number of pyridine rings is 1. The summed E-state index contributed by atoms with van der Waals surface area (Å²) >= 11 is 6.42. The van der Waals surface area contributed by atoms with Gasteiger partial charge in [-0.3, -0.25) is 14.5 Å². The van der Waals surface area contributed by atoms with Gasteiger partial charge in [0, 0.05) is 6.20 Å². The average molecular weight is 446 g/mol. The maximum Gasteiger partial charge on any atom is 0.266 e. The Morgan fingerprint density at radius 1 is 1.20 bits per heavy atom. The summed E-state index contributed by atoms with van der Waals surface area (Å²) < 4.78 is 16.3. The van der Waals surface area contributed by atoms with Crippen LogP contribution in [-0.2, 0) is 9.59 Å². The van der Waals surface area contributed by atoms with Crippen molar-refractivity contribution in [1.82, 2.24) is 9.88 Å². The van der Waals surface area contributed by atoms with Gasteiger partial charge in [0.2, 0.25) is 11.7 Å². The molecule has 10 heteroatoms. The fourth-order valence-corrected chi connectivity index (χ4v) is 3.99.